The third-order valence-electron chi connectivity index (χ3n) is 1.31. The standard InChI is InChI=1S/C5H13BO2/c1-3-5(2)4-6(7)8/h5,7-8H,3-4H2,1-2H3/t5-/m0/s1. The molecule has 0 saturated heterocycles. The minimum Gasteiger partial charge on any atom is -0.427 e. The lowest BCUT2D eigenvalue weighted by atomic mass is 9.78. The molecule has 0 heterocycles. The van der Waals surface area contributed by atoms with Crippen molar-refractivity contribution < 1.29 is 10.0 Å². The minimum absolute atomic E-state index is 0.426. The van der Waals surface area contributed by atoms with Crippen molar-refractivity contribution in [1.82, 2.24) is 0 Å². The second-order valence-electron chi connectivity index (χ2n) is 2.23. The number of hydrogen-bond donors (Lipinski definition) is 2. The Morgan fingerprint density at radius 2 is 2.00 bits per heavy atom. The van der Waals surface area contributed by atoms with E-state index in [0.717, 1.165) is 6.42 Å². The van der Waals surface area contributed by atoms with Gasteiger partial charge in [-0.1, -0.05) is 20.3 Å². The lowest BCUT2D eigenvalue weighted by Crippen LogP contribution is -2.14. The van der Waals surface area contributed by atoms with Gasteiger partial charge in [0, 0.05) is 0 Å². The van der Waals surface area contributed by atoms with Crippen LogP contribution in [0.3, 0.4) is 0 Å². The summed E-state index contributed by atoms with van der Waals surface area (Å²) in [5.41, 5.74) is 0. The van der Waals surface area contributed by atoms with Gasteiger partial charge in [-0.15, -0.1) is 0 Å². The summed E-state index contributed by atoms with van der Waals surface area (Å²) in [5.74, 6) is 0.426. The number of hydrogen-bond acceptors (Lipinski definition) is 2. The van der Waals surface area contributed by atoms with E-state index in [1.165, 1.54) is 0 Å². The van der Waals surface area contributed by atoms with Gasteiger partial charge in [-0.05, 0) is 12.2 Å². The Balaban J connectivity index is 3.10. The molecule has 0 spiro atoms. The van der Waals surface area contributed by atoms with Crippen LogP contribution in [0.25, 0.3) is 0 Å². The predicted molar refractivity (Wildman–Crippen MR) is 34.5 cm³/mol. The van der Waals surface area contributed by atoms with E-state index in [9.17, 15) is 0 Å². The van der Waals surface area contributed by atoms with Gasteiger partial charge >= 0.3 is 7.12 Å². The van der Waals surface area contributed by atoms with Gasteiger partial charge in [-0.3, -0.25) is 0 Å². The maximum Gasteiger partial charge on any atom is 0.451 e. The summed E-state index contributed by atoms with van der Waals surface area (Å²) in [5, 5.41) is 16.8. The zero-order valence-corrected chi connectivity index (χ0v) is 5.46. The first kappa shape index (κ1) is 7.98. The largest absolute Gasteiger partial charge is 0.451 e. The van der Waals surface area contributed by atoms with E-state index in [-0.39, 0.29) is 0 Å². The van der Waals surface area contributed by atoms with E-state index < -0.39 is 7.12 Å². The molecule has 0 rings (SSSR count). The molecule has 0 bridgehead atoms. The average molecular weight is 116 g/mol. The summed E-state index contributed by atoms with van der Waals surface area (Å²) in [7, 11) is -1.12. The van der Waals surface area contributed by atoms with Gasteiger partial charge in [0.05, 0.1) is 0 Å². The molecule has 8 heavy (non-hydrogen) atoms. The van der Waals surface area contributed by atoms with Crippen LogP contribution in [-0.4, -0.2) is 17.2 Å². The molecule has 0 aromatic rings. The van der Waals surface area contributed by atoms with Gasteiger partial charge in [-0.2, -0.15) is 0 Å². The maximum atomic E-state index is 8.41. The monoisotopic (exact) mass is 116 g/mol. The van der Waals surface area contributed by atoms with Crippen molar-refractivity contribution in [2.75, 3.05) is 0 Å². The van der Waals surface area contributed by atoms with Gasteiger partial charge < -0.3 is 10.0 Å². The Hall–Kier alpha value is -0.0151. The summed E-state index contributed by atoms with van der Waals surface area (Å²) >= 11 is 0. The fourth-order valence-electron chi connectivity index (χ4n) is 0.527. The molecular weight excluding hydrogens is 103 g/mol. The molecule has 3 heteroatoms. The number of rotatable bonds is 3. The van der Waals surface area contributed by atoms with E-state index in [1.807, 2.05) is 13.8 Å². The predicted octanol–water partition coefficient (Wildman–Crippen LogP) is 0.505. The first-order chi connectivity index (χ1) is 3.66. The van der Waals surface area contributed by atoms with Crippen LogP contribution in [-0.2, 0) is 0 Å². The van der Waals surface area contributed by atoms with Crippen LogP contribution in [0.4, 0.5) is 0 Å². The summed E-state index contributed by atoms with van der Waals surface area (Å²) in [4.78, 5) is 0. The van der Waals surface area contributed by atoms with E-state index in [2.05, 4.69) is 0 Å². The molecule has 0 aromatic carbocycles. The Morgan fingerprint density at radius 3 is 2.12 bits per heavy atom. The molecule has 0 amide bonds. The Bertz CT molecular complexity index is 56.4. The molecule has 0 aromatic heterocycles. The van der Waals surface area contributed by atoms with Crippen molar-refractivity contribution in [3.63, 3.8) is 0 Å². The Kier molecular flexibility index (Phi) is 3.92. The zero-order chi connectivity index (χ0) is 6.57. The highest BCUT2D eigenvalue weighted by Gasteiger charge is 2.10. The van der Waals surface area contributed by atoms with E-state index in [1.54, 1.807) is 0 Å². The van der Waals surface area contributed by atoms with Crippen molar-refractivity contribution in [2.24, 2.45) is 5.92 Å². The van der Waals surface area contributed by atoms with Crippen molar-refractivity contribution in [2.45, 2.75) is 26.6 Å². The molecular formula is C5H13BO2. The molecule has 0 aliphatic carbocycles. The molecule has 0 unspecified atom stereocenters. The molecule has 0 aliphatic rings. The van der Waals surface area contributed by atoms with Crippen molar-refractivity contribution >= 4 is 7.12 Å². The highest BCUT2D eigenvalue weighted by atomic mass is 16.4. The van der Waals surface area contributed by atoms with Gasteiger partial charge in [-0.25, -0.2) is 0 Å². The fraction of sp³-hybridized carbons (Fsp3) is 1.00. The highest BCUT2D eigenvalue weighted by molar-refractivity contribution is 6.41. The zero-order valence-electron chi connectivity index (χ0n) is 5.46. The van der Waals surface area contributed by atoms with Crippen molar-refractivity contribution in [3.8, 4) is 0 Å². The van der Waals surface area contributed by atoms with Crippen LogP contribution in [0.1, 0.15) is 20.3 Å². The molecule has 0 radical (unpaired) electrons. The molecule has 0 fully saturated rings. The SMILES string of the molecule is CC[C@H](C)CB(O)O. The quantitative estimate of drug-likeness (QED) is 0.527. The molecule has 0 saturated carbocycles. The fourth-order valence-corrected chi connectivity index (χ4v) is 0.527. The molecule has 2 N–H and O–H groups in total. The third-order valence-corrected chi connectivity index (χ3v) is 1.31. The minimum atomic E-state index is -1.12. The van der Waals surface area contributed by atoms with Crippen LogP contribution in [0.15, 0.2) is 0 Å². The van der Waals surface area contributed by atoms with E-state index in [0.29, 0.717) is 12.2 Å². The summed E-state index contributed by atoms with van der Waals surface area (Å²) in [6.45, 7) is 4.03. The van der Waals surface area contributed by atoms with E-state index in [4.69, 9.17) is 10.0 Å². The van der Waals surface area contributed by atoms with Crippen LogP contribution in [0.5, 0.6) is 0 Å². The highest BCUT2D eigenvalue weighted by Crippen LogP contribution is 2.06. The first-order valence-corrected chi connectivity index (χ1v) is 3.03. The third kappa shape index (κ3) is 4.15. The van der Waals surface area contributed by atoms with Crippen LogP contribution >= 0.6 is 0 Å². The van der Waals surface area contributed by atoms with Crippen molar-refractivity contribution in [1.29, 1.82) is 0 Å². The molecule has 1 atom stereocenters. The second-order valence-corrected chi connectivity index (χ2v) is 2.23. The van der Waals surface area contributed by atoms with Crippen LogP contribution < -0.4 is 0 Å². The summed E-state index contributed by atoms with van der Waals surface area (Å²) in [6, 6.07) is 0. The van der Waals surface area contributed by atoms with Crippen LogP contribution in [0.2, 0.25) is 6.32 Å². The van der Waals surface area contributed by atoms with Crippen LogP contribution in [0, 0.1) is 5.92 Å². The summed E-state index contributed by atoms with van der Waals surface area (Å²) in [6.07, 6.45) is 1.51. The van der Waals surface area contributed by atoms with Gasteiger partial charge in [0.25, 0.3) is 0 Å². The lowest BCUT2D eigenvalue weighted by molar-refractivity contribution is 0.388. The Morgan fingerprint density at radius 1 is 1.50 bits per heavy atom. The van der Waals surface area contributed by atoms with E-state index >= 15 is 0 Å². The Labute approximate surface area is 50.7 Å². The van der Waals surface area contributed by atoms with Crippen molar-refractivity contribution in [3.05, 3.63) is 0 Å². The molecule has 48 valence electrons. The second kappa shape index (κ2) is 3.92. The lowest BCUT2D eigenvalue weighted by Gasteiger charge is -2.04. The maximum absolute atomic E-state index is 8.41. The first-order valence-electron chi connectivity index (χ1n) is 3.03. The normalized spacial score (nSPS) is 13.5. The summed E-state index contributed by atoms with van der Waals surface area (Å²) < 4.78 is 0. The average Bonchev–Trinajstić information content (AvgIpc) is 1.65. The van der Waals surface area contributed by atoms with Gasteiger partial charge in [0.2, 0.25) is 0 Å². The van der Waals surface area contributed by atoms with Gasteiger partial charge in [0.1, 0.15) is 0 Å². The topological polar surface area (TPSA) is 40.5 Å². The molecule has 2 nitrogen and oxygen atoms in total. The smallest absolute Gasteiger partial charge is 0.427 e. The van der Waals surface area contributed by atoms with Gasteiger partial charge in [0.15, 0.2) is 0 Å². The molecule has 0 aliphatic heterocycles.